The third kappa shape index (κ3) is 2.32. The molecule has 0 spiro atoms. The summed E-state index contributed by atoms with van der Waals surface area (Å²) < 4.78 is 0. The van der Waals surface area contributed by atoms with Crippen LogP contribution < -0.4 is 4.90 Å². The smallest absolute Gasteiger partial charge is 0.0457 e. The Kier molecular flexibility index (Phi) is 3.15. The number of pyridine rings is 1. The summed E-state index contributed by atoms with van der Waals surface area (Å²) in [6.45, 7) is 3.67. The van der Waals surface area contributed by atoms with E-state index >= 15 is 0 Å². The predicted molar refractivity (Wildman–Crippen MR) is 86.4 cm³/mol. The summed E-state index contributed by atoms with van der Waals surface area (Å²) in [5.74, 6) is 0.855. The molecule has 2 aliphatic heterocycles. The fraction of sp³-hybridized carbons (Fsp3) is 0.389. The van der Waals surface area contributed by atoms with E-state index in [1.165, 1.54) is 42.9 Å². The van der Waals surface area contributed by atoms with Gasteiger partial charge in [-0.2, -0.15) is 0 Å². The SMILES string of the molecule is CN1C[C@H]2CCN(c3ccc(-c4cccnc4)cc3)[C@@H]2C1. The lowest BCUT2D eigenvalue weighted by Gasteiger charge is -2.26. The summed E-state index contributed by atoms with van der Waals surface area (Å²) in [5, 5.41) is 0. The van der Waals surface area contributed by atoms with E-state index in [4.69, 9.17) is 0 Å². The summed E-state index contributed by atoms with van der Waals surface area (Å²) in [5.41, 5.74) is 3.79. The molecule has 2 atom stereocenters. The number of aromatic nitrogens is 1. The van der Waals surface area contributed by atoms with Gasteiger partial charge in [0.15, 0.2) is 0 Å². The van der Waals surface area contributed by atoms with Gasteiger partial charge in [-0.25, -0.2) is 0 Å². The molecule has 0 radical (unpaired) electrons. The van der Waals surface area contributed by atoms with Gasteiger partial charge in [0.05, 0.1) is 0 Å². The molecular weight excluding hydrogens is 258 g/mol. The Morgan fingerprint density at radius 3 is 2.67 bits per heavy atom. The van der Waals surface area contributed by atoms with Crippen molar-refractivity contribution in [1.29, 1.82) is 0 Å². The van der Waals surface area contributed by atoms with Gasteiger partial charge in [0.25, 0.3) is 0 Å². The molecule has 2 fully saturated rings. The van der Waals surface area contributed by atoms with Crippen molar-refractivity contribution in [3.05, 3.63) is 48.8 Å². The lowest BCUT2D eigenvalue weighted by molar-refractivity contribution is 0.386. The first-order valence-electron chi connectivity index (χ1n) is 7.77. The molecule has 1 aromatic heterocycles. The minimum atomic E-state index is 0.708. The molecule has 0 saturated carbocycles. The van der Waals surface area contributed by atoms with Crippen molar-refractivity contribution in [2.24, 2.45) is 5.92 Å². The van der Waals surface area contributed by atoms with Gasteiger partial charge in [-0.1, -0.05) is 18.2 Å². The molecule has 1 aromatic carbocycles. The quantitative estimate of drug-likeness (QED) is 0.842. The Balaban J connectivity index is 1.57. The van der Waals surface area contributed by atoms with Crippen LogP contribution in [0.25, 0.3) is 11.1 Å². The van der Waals surface area contributed by atoms with Crippen molar-refractivity contribution in [2.45, 2.75) is 12.5 Å². The van der Waals surface area contributed by atoms with E-state index in [0.717, 1.165) is 5.92 Å². The number of rotatable bonds is 2. The van der Waals surface area contributed by atoms with Gasteiger partial charge in [-0.3, -0.25) is 4.98 Å². The van der Waals surface area contributed by atoms with Crippen molar-refractivity contribution in [1.82, 2.24) is 9.88 Å². The van der Waals surface area contributed by atoms with E-state index in [0.29, 0.717) is 6.04 Å². The Morgan fingerprint density at radius 1 is 1.05 bits per heavy atom. The van der Waals surface area contributed by atoms with Crippen molar-refractivity contribution in [2.75, 3.05) is 31.6 Å². The third-order valence-corrected chi connectivity index (χ3v) is 4.92. The molecule has 4 rings (SSSR count). The Morgan fingerprint density at radius 2 is 1.90 bits per heavy atom. The van der Waals surface area contributed by atoms with Crippen LogP contribution in [0.15, 0.2) is 48.8 Å². The first-order valence-corrected chi connectivity index (χ1v) is 7.77. The molecule has 3 nitrogen and oxygen atoms in total. The van der Waals surface area contributed by atoms with Crippen molar-refractivity contribution >= 4 is 5.69 Å². The van der Waals surface area contributed by atoms with Crippen LogP contribution in [-0.4, -0.2) is 42.6 Å². The maximum absolute atomic E-state index is 4.20. The van der Waals surface area contributed by atoms with E-state index in [1.807, 2.05) is 18.5 Å². The molecule has 3 heteroatoms. The van der Waals surface area contributed by atoms with Crippen LogP contribution in [0.2, 0.25) is 0 Å². The lowest BCUT2D eigenvalue weighted by atomic mass is 10.0. The van der Waals surface area contributed by atoms with E-state index in [2.05, 4.69) is 52.2 Å². The number of nitrogens with zero attached hydrogens (tertiary/aromatic N) is 3. The summed E-state index contributed by atoms with van der Waals surface area (Å²) >= 11 is 0. The molecule has 108 valence electrons. The van der Waals surface area contributed by atoms with Crippen LogP contribution in [0, 0.1) is 5.92 Å². The second-order valence-corrected chi connectivity index (χ2v) is 6.32. The number of hydrogen-bond acceptors (Lipinski definition) is 3. The number of anilines is 1. The van der Waals surface area contributed by atoms with Crippen LogP contribution >= 0.6 is 0 Å². The van der Waals surface area contributed by atoms with Crippen LogP contribution in [0.1, 0.15) is 6.42 Å². The molecule has 21 heavy (non-hydrogen) atoms. The molecule has 0 amide bonds. The fourth-order valence-corrected chi connectivity index (χ4v) is 3.87. The van der Waals surface area contributed by atoms with Crippen LogP contribution in [0.3, 0.4) is 0 Å². The van der Waals surface area contributed by atoms with Gasteiger partial charge in [0.1, 0.15) is 0 Å². The first kappa shape index (κ1) is 12.8. The van der Waals surface area contributed by atoms with Gasteiger partial charge < -0.3 is 9.80 Å². The Bertz CT molecular complexity index is 608. The van der Waals surface area contributed by atoms with Gasteiger partial charge in [0.2, 0.25) is 0 Å². The highest BCUT2D eigenvalue weighted by molar-refractivity contribution is 5.65. The maximum Gasteiger partial charge on any atom is 0.0457 e. The highest BCUT2D eigenvalue weighted by Gasteiger charge is 2.39. The second kappa shape index (κ2) is 5.15. The zero-order valence-electron chi connectivity index (χ0n) is 12.4. The molecular formula is C18H21N3. The van der Waals surface area contributed by atoms with Gasteiger partial charge in [-0.05, 0) is 48.7 Å². The number of hydrogen-bond donors (Lipinski definition) is 0. The van der Waals surface area contributed by atoms with Gasteiger partial charge in [-0.15, -0.1) is 0 Å². The van der Waals surface area contributed by atoms with Crippen LogP contribution in [-0.2, 0) is 0 Å². The van der Waals surface area contributed by atoms with E-state index in [1.54, 1.807) is 0 Å². The number of likely N-dealkylation sites (tertiary alicyclic amines) is 1. The highest BCUT2D eigenvalue weighted by atomic mass is 15.3. The summed E-state index contributed by atoms with van der Waals surface area (Å²) in [4.78, 5) is 9.26. The second-order valence-electron chi connectivity index (χ2n) is 6.32. The minimum Gasteiger partial charge on any atom is -0.367 e. The van der Waals surface area contributed by atoms with E-state index in [9.17, 15) is 0 Å². The van der Waals surface area contributed by atoms with E-state index in [-0.39, 0.29) is 0 Å². The zero-order chi connectivity index (χ0) is 14.2. The highest BCUT2D eigenvalue weighted by Crippen LogP contribution is 2.35. The molecule has 0 N–H and O–H groups in total. The molecule has 0 aliphatic carbocycles. The average Bonchev–Trinajstić information content (AvgIpc) is 3.07. The topological polar surface area (TPSA) is 19.4 Å². The molecule has 2 aliphatic rings. The predicted octanol–water partition coefficient (Wildman–Crippen LogP) is 2.89. The van der Waals surface area contributed by atoms with Crippen molar-refractivity contribution in [3.8, 4) is 11.1 Å². The van der Waals surface area contributed by atoms with Crippen LogP contribution in [0.5, 0.6) is 0 Å². The van der Waals surface area contributed by atoms with Crippen molar-refractivity contribution < 1.29 is 0 Å². The maximum atomic E-state index is 4.20. The third-order valence-electron chi connectivity index (χ3n) is 4.92. The van der Waals surface area contributed by atoms with Gasteiger partial charge in [0, 0.05) is 43.8 Å². The molecule has 2 saturated heterocycles. The number of likely N-dealkylation sites (N-methyl/N-ethyl adjacent to an activating group) is 1. The standard InChI is InChI=1S/C18H21N3/c1-20-12-16-8-10-21(18(16)13-20)17-6-4-14(5-7-17)15-3-2-9-19-11-15/h2-7,9,11,16,18H,8,10,12-13H2,1H3/t16-,18-/m1/s1. The van der Waals surface area contributed by atoms with Crippen molar-refractivity contribution in [3.63, 3.8) is 0 Å². The zero-order valence-corrected chi connectivity index (χ0v) is 12.4. The molecule has 3 heterocycles. The minimum absolute atomic E-state index is 0.708. The lowest BCUT2D eigenvalue weighted by Crippen LogP contribution is -2.34. The fourth-order valence-electron chi connectivity index (χ4n) is 3.87. The normalized spacial score (nSPS) is 25.3. The molecule has 0 bridgehead atoms. The monoisotopic (exact) mass is 279 g/mol. The number of benzene rings is 1. The Labute approximate surface area is 126 Å². The molecule has 0 unspecified atom stereocenters. The summed E-state index contributed by atoms with van der Waals surface area (Å²) in [6.07, 6.45) is 5.07. The Hall–Kier alpha value is -1.87. The number of fused-ring (bicyclic) bond motifs is 1. The largest absolute Gasteiger partial charge is 0.367 e. The molecule has 2 aromatic rings. The summed E-state index contributed by atoms with van der Waals surface area (Å²) in [7, 11) is 2.24. The average molecular weight is 279 g/mol. The first-order chi connectivity index (χ1) is 10.3. The van der Waals surface area contributed by atoms with E-state index < -0.39 is 0 Å². The summed E-state index contributed by atoms with van der Waals surface area (Å²) in [6, 6.07) is 13.8. The van der Waals surface area contributed by atoms with Gasteiger partial charge >= 0.3 is 0 Å². The van der Waals surface area contributed by atoms with Crippen LogP contribution in [0.4, 0.5) is 5.69 Å².